The third-order valence-electron chi connectivity index (χ3n) is 4.35. The Hall–Kier alpha value is -3.54. The third kappa shape index (κ3) is 7.13. The molecular formula is C24H27FN2O3. The summed E-state index contributed by atoms with van der Waals surface area (Å²) >= 11 is 0. The Balaban J connectivity index is 0.000000335. The van der Waals surface area contributed by atoms with E-state index in [4.69, 9.17) is 15.2 Å². The van der Waals surface area contributed by atoms with Crippen molar-refractivity contribution in [2.24, 2.45) is 5.73 Å². The number of nitrogens with one attached hydrogen (secondary N) is 1. The number of hydrogen-bond donors (Lipinski definition) is 2. The molecule has 0 fully saturated rings. The van der Waals surface area contributed by atoms with E-state index in [1.807, 2.05) is 61.6 Å². The van der Waals surface area contributed by atoms with Crippen LogP contribution in [0.15, 0.2) is 72.8 Å². The molecule has 3 aromatic rings. The molecule has 158 valence electrons. The quantitative estimate of drug-likeness (QED) is 0.555. The molecule has 0 saturated carbocycles. The number of primary amides is 1. The minimum absolute atomic E-state index is 0.132. The fraction of sp³-hybridized carbons (Fsp3) is 0.208. The molecule has 1 atom stereocenters. The van der Waals surface area contributed by atoms with Crippen molar-refractivity contribution in [3.63, 3.8) is 0 Å². The highest BCUT2D eigenvalue weighted by Crippen LogP contribution is 2.31. The summed E-state index contributed by atoms with van der Waals surface area (Å²) in [5.74, 6) is 0.525. The summed E-state index contributed by atoms with van der Waals surface area (Å²) in [7, 11) is 1.83. The van der Waals surface area contributed by atoms with Crippen LogP contribution in [0.5, 0.6) is 5.75 Å². The van der Waals surface area contributed by atoms with Gasteiger partial charge in [0, 0.05) is 24.4 Å². The van der Waals surface area contributed by atoms with Crippen molar-refractivity contribution >= 4 is 11.8 Å². The van der Waals surface area contributed by atoms with Gasteiger partial charge in [0.15, 0.2) is 0 Å². The molecule has 0 aliphatic rings. The molecule has 0 heterocycles. The van der Waals surface area contributed by atoms with Crippen molar-refractivity contribution in [1.82, 2.24) is 0 Å². The maximum Gasteiger partial charge on any atom is 0.405 e. The first-order chi connectivity index (χ1) is 14.4. The molecule has 0 aliphatic carbocycles. The van der Waals surface area contributed by atoms with E-state index < -0.39 is 12.2 Å². The van der Waals surface area contributed by atoms with Gasteiger partial charge in [-0.15, -0.1) is 0 Å². The van der Waals surface area contributed by atoms with Crippen molar-refractivity contribution in [2.75, 3.05) is 12.4 Å². The minimum Gasteiger partial charge on any atom is -0.488 e. The van der Waals surface area contributed by atoms with E-state index >= 15 is 0 Å². The zero-order valence-corrected chi connectivity index (χ0v) is 17.4. The van der Waals surface area contributed by atoms with Crippen molar-refractivity contribution in [3.05, 3.63) is 95.3 Å². The molecule has 30 heavy (non-hydrogen) atoms. The molecule has 0 aliphatic heterocycles. The average Bonchev–Trinajstić information content (AvgIpc) is 2.75. The van der Waals surface area contributed by atoms with E-state index in [-0.39, 0.29) is 5.82 Å². The number of anilines is 1. The second kappa shape index (κ2) is 11.5. The van der Waals surface area contributed by atoms with Crippen molar-refractivity contribution in [2.45, 2.75) is 26.6 Å². The highest BCUT2D eigenvalue weighted by molar-refractivity contribution is 5.65. The number of nitrogens with two attached hydrogens (primary N) is 1. The second-order valence-corrected chi connectivity index (χ2v) is 6.61. The Bertz CT molecular complexity index is 927. The monoisotopic (exact) mass is 410 g/mol. The second-order valence-electron chi connectivity index (χ2n) is 6.61. The molecule has 3 rings (SSSR count). The summed E-state index contributed by atoms with van der Waals surface area (Å²) in [5.41, 5.74) is 8.54. The Morgan fingerprint density at radius 1 is 1.07 bits per heavy atom. The largest absolute Gasteiger partial charge is 0.488 e. The fourth-order valence-corrected chi connectivity index (χ4v) is 2.67. The summed E-state index contributed by atoms with van der Waals surface area (Å²) in [4.78, 5) is 10.9. The lowest BCUT2D eigenvalue weighted by Gasteiger charge is -2.18. The van der Waals surface area contributed by atoms with Crippen molar-refractivity contribution < 1.29 is 18.7 Å². The average molecular weight is 410 g/mol. The van der Waals surface area contributed by atoms with Crippen LogP contribution < -0.4 is 15.8 Å². The van der Waals surface area contributed by atoms with Crippen LogP contribution in [0.3, 0.4) is 0 Å². The lowest BCUT2D eigenvalue weighted by molar-refractivity contribution is 0.114. The summed E-state index contributed by atoms with van der Waals surface area (Å²) in [6, 6.07) is 22.2. The molecule has 0 spiro atoms. The predicted molar refractivity (Wildman–Crippen MR) is 117 cm³/mol. The van der Waals surface area contributed by atoms with Crippen LogP contribution in [-0.4, -0.2) is 13.1 Å². The van der Waals surface area contributed by atoms with E-state index in [0.29, 0.717) is 17.9 Å². The van der Waals surface area contributed by atoms with Crippen LogP contribution in [0.2, 0.25) is 0 Å². The van der Waals surface area contributed by atoms with Gasteiger partial charge in [-0.3, -0.25) is 0 Å². The van der Waals surface area contributed by atoms with Crippen LogP contribution >= 0.6 is 0 Å². The number of amides is 1. The highest BCUT2D eigenvalue weighted by atomic mass is 19.1. The number of rotatable bonds is 6. The molecule has 6 heteroatoms. The number of ether oxygens (including phenoxy) is 2. The predicted octanol–water partition coefficient (Wildman–Crippen LogP) is 5.60. The summed E-state index contributed by atoms with van der Waals surface area (Å²) in [6.45, 7) is 3.94. The zero-order chi connectivity index (χ0) is 21.9. The number of halogens is 1. The van der Waals surface area contributed by atoms with Crippen LogP contribution in [-0.2, 0) is 11.3 Å². The van der Waals surface area contributed by atoms with E-state index in [0.717, 1.165) is 16.8 Å². The Kier molecular flexibility index (Phi) is 8.69. The Labute approximate surface area is 176 Å². The third-order valence-corrected chi connectivity index (χ3v) is 4.35. The number of hydrogen-bond acceptors (Lipinski definition) is 4. The van der Waals surface area contributed by atoms with Crippen LogP contribution in [0.4, 0.5) is 14.9 Å². The van der Waals surface area contributed by atoms with E-state index in [9.17, 15) is 9.18 Å². The molecule has 0 aromatic heterocycles. The standard InChI is InChI=1S/C17H20N2O3.C7H7F/c1-12(22-17(18)20)15-9-8-14(19-2)10-16(15)21-11-13-6-4-3-5-7-13;1-6-4-2-3-5-7(6)8/h3-10,12,19H,11H2,1-2H3,(H2,18,20);2-5H,1H3. The van der Waals surface area contributed by atoms with Crippen LogP contribution in [0, 0.1) is 12.7 Å². The number of carbonyl (C=O) groups is 1. The molecule has 0 saturated heterocycles. The highest BCUT2D eigenvalue weighted by Gasteiger charge is 2.15. The van der Waals surface area contributed by atoms with E-state index in [2.05, 4.69) is 5.32 Å². The molecule has 3 N–H and O–H groups in total. The summed E-state index contributed by atoms with van der Waals surface area (Å²) < 4.78 is 23.3. The topological polar surface area (TPSA) is 73.6 Å². The van der Waals surface area contributed by atoms with Gasteiger partial charge >= 0.3 is 6.09 Å². The van der Waals surface area contributed by atoms with Gasteiger partial charge in [0.25, 0.3) is 0 Å². The molecular weight excluding hydrogens is 383 g/mol. The number of benzene rings is 3. The van der Waals surface area contributed by atoms with Crippen LogP contribution in [0.1, 0.15) is 29.7 Å². The van der Waals surface area contributed by atoms with Gasteiger partial charge in [0.2, 0.25) is 0 Å². The molecule has 5 nitrogen and oxygen atoms in total. The number of carbonyl (C=O) groups excluding carboxylic acids is 1. The van der Waals surface area contributed by atoms with Gasteiger partial charge in [-0.2, -0.15) is 0 Å². The summed E-state index contributed by atoms with van der Waals surface area (Å²) in [5, 5.41) is 3.06. The van der Waals surface area contributed by atoms with Gasteiger partial charge in [0.05, 0.1) is 0 Å². The molecule has 0 bridgehead atoms. The molecule has 1 amide bonds. The fourth-order valence-electron chi connectivity index (χ4n) is 2.67. The smallest absolute Gasteiger partial charge is 0.405 e. The van der Waals surface area contributed by atoms with Gasteiger partial charge in [-0.1, -0.05) is 48.5 Å². The van der Waals surface area contributed by atoms with Crippen molar-refractivity contribution in [1.29, 1.82) is 0 Å². The van der Waals surface area contributed by atoms with Gasteiger partial charge < -0.3 is 20.5 Å². The van der Waals surface area contributed by atoms with Gasteiger partial charge in [-0.05, 0) is 43.2 Å². The lowest BCUT2D eigenvalue weighted by atomic mass is 10.1. The first-order valence-corrected chi connectivity index (χ1v) is 9.56. The lowest BCUT2D eigenvalue weighted by Crippen LogP contribution is -2.16. The van der Waals surface area contributed by atoms with Gasteiger partial charge in [-0.25, -0.2) is 9.18 Å². The maximum atomic E-state index is 12.3. The summed E-state index contributed by atoms with van der Waals surface area (Å²) in [6.07, 6.45) is -1.28. The molecule has 0 radical (unpaired) electrons. The zero-order valence-electron chi connectivity index (χ0n) is 17.4. The number of aryl methyl sites for hydroxylation is 1. The Morgan fingerprint density at radius 2 is 1.73 bits per heavy atom. The molecule has 3 aromatic carbocycles. The van der Waals surface area contributed by atoms with Crippen molar-refractivity contribution in [3.8, 4) is 5.75 Å². The minimum atomic E-state index is -0.806. The first-order valence-electron chi connectivity index (χ1n) is 9.56. The van der Waals surface area contributed by atoms with E-state index in [1.54, 1.807) is 26.0 Å². The maximum absolute atomic E-state index is 12.3. The SMILES string of the molecule is CNc1ccc(C(C)OC(N)=O)c(OCc2ccccc2)c1.Cc1ccccc1F. The first kappa shape index (κ1) is 22.7. The Morgan fingerprint density at radius 3 is 2.30 bits per heavy atom. The normalized spacial score (nSPS) is 10.9. The van der Waals surface area contributed by atoms with Crippen LogP contribution in [0.25, 0.3) is 0 Å². The molecule has 1 unspecified atom stereocenters. The van der Waals surface area contributed by atoms with Gasteiger partial charge in [0.1, 0.15) is 24.3 Å². The van der Waals surface area contributed by atoms with E-state index in [1.165, 1.54) is 6.07 Å².